The number of benzene rings is 2. The average Bonchev–Trinajstić information content (AvgIpc) is 3.14. The number of rotatable bonds is 10. The van der Waals surface area contributed by atoms with E-state index in [1.165, 1.54) is 12.1 Å². The van der Waals surface area contributed by atoms with E-state index < -0.39 is 16.6 Å². The van der Waals surface area contributed by atoms with Gasteiger partial charge >= 0.3 is 5.97 Å². The first kappa shape index (κ1) is 25.8. The Balaban J connectivity index is 1.79. The number of alkyl halides is 1. The summed E-state index contributed by atoms with van der Waals surface area (Å²) in [5, 5.41) is 12.0. The van der Waals surface area contributed by atoms with Gasteiger partial charge in [-0.05, 0) is 60.5 Å². The van der Waals surface area contributed by atoms with Gasteiger partial charge in [0.25, 0.3) is 5.91 Å². The summed E-state index contributed by atoms with van der Waals surface area (Å²) in [4.78, 5) is 27.0. The van der Waals surface area contributed by atoms with Crippen LogP contribution in [0.5, 0.6) is 11.5 Å². The van der Waals surface area contributed by atoms with Gasteiger partial charge in [-0.2, -0.15) is 0 Å². The number of carbonyl (C=O) groups is 2. The number of thioether (sulfide) groups is 1. The Labute approximate surface area is 209 Å². The summed E-state index contributed by atoms with van der Waals surface area (Å²) >= 11 is 4.06. The first-order valence-corrected chi connectivity index (χ1v) is 12.4. The number of nitrogens with one attached hydrogen (secondary N) is 1. The van der Waals surface area contributed by atoms with Crippen LogP contribution in [0.1, 0.15) is 42.6 Å². The number of aliphatic imine (C=N–C) groups is 1. The minimum absolute atomic E-state index is 0.00685. The molecule has 1 atom stereocenters. The molecular formula is C24H24BrFN2O5S. The molecule has 2 aromatic carbocycles. The van der Waals surface area contributed by atoms with Gasteiger partial charge in [-0.3, -0.25) is 9.59 Å². The van der Waals surface area contributed by atoms with Gasteiger partial charge in [0, 0.05) is 5.56 Å². The Morgan fingerprint density at radius 3 is 2.53 bits per heavy atom. The predicted octanol–water partition coefficient (Wildman–Crippen LogP) is 5.82. The molecule has 10 heteroatoms. The maximum absolute atomic E-state index is 14.3. The highest BCUT2D eigenvalue weighted by atomic mass is 79.9. The fourth-order valence-electron chi connectivity index (χ4n) is 2.94. The zero-order valence-electron chi connectivity index (χ0n) is 18.6. The van der Waals surface area contributed by atoms with Crippen molar-refractivity contribution < 1.29 is 28.6 Å². The van der Waals surface area contributed by atoms with Crippen LogP contribution in [0.4, 0.5) is 10.1 Å². The Morgan fingerprint density at radius 2 is 1.88 bits per heavy atom. The van der Waals surface area contributed by atoms with E-state index in [-0.39, 0.29) is 17.2 Å². The Kier molecular flexibility index (Phi) is 9.12. The number of carboxylic acids is 1. The monoisotopic (exact) mass is 550 g/mol. The minimum atomic E-state index is -1.19. The number of aliphatic carboxylic acids is 1. The third-order valence-electron chi connectivity index (χ3n) is 4.54. The molecule has 2 N–H and O–H groups in total. The highest BCUT2D eigenvalue weighted by Gasteiger charge is 2.25. The number of ether oxygens (including phenoxy) is 2. The average molecular weight is 551 g/mol. The van der Waals surface area contributed by atoms with E-state index in [1.807, 2.05) is 32.0 Å². The lowest BCUT2D eigenvalue weighted by atomic mass is 10.1. The maximum atomic E-state index is 14.3. The molecule has 7 nitrogen and oxygen atoms in total. The molecule has 0 saturated carbocycles. The molecule has 0 spiro atoms. The summed E-state index contributed by atoms with van der Waals surface area (Å²) in [6.07, 6.45) is 3.45. The summed E-state index contributed by atoms with van der Waals surface area (Å²) in [7, 11) is 0. The molecule has 1 amide bonds. The summed E-state index contributed by atoms with van der Waals surface area (Å²) in [6.45, 7) is 5.17. The van der Waals surface area contributed by atoms with Crippen molar-refractivity contribution in [1.82, 2.24) is 5.32 Å². The molecule has 0 aliphatic carbocycles. The molecule has 0 bridgehead atoms. The van der Waals surface area contributed by atoms with Crippen molar-refractivity contribution in [2.45, 2.75) is 31.5 Å². The van der Waals surface area contributed by atoms with Crippen LogP contribution in [0.15, 0.2) is 46.3 Å². The smallest absolute Gasteiger partial charge is 0.321 e. The van der Waals surface area contributed by atoms with Crippen molar-refractivity contribution in [3.05, 3.63) is 58.2 Å². The van der Waals surface area contributed by atoms with Gasteiger partial charge in [0.1, 0.15) is 10.6 Å². The number of carboxylic acid groups (broad SMARTS) is 1. The molecule has 34 heavy (non-hydrogen) atoms. The number of amidine groups is 1. The molecular weight excluding hydrogens is 527 g/mol. The van der Waals surface area contributed by atoms with Gasteiger partial charge in [-0.15, -0.1) is 0 Å². The van der Waals surface area contributed by atoms with Gasteiger partial charge in [0.05, 0.1) is 23.8 Å². The van der Waals surface area contributed by atoms with Crippen LogP contribution in [-0.2, 0) is 9.59 Å². The molecule has 2 aromatic rings. The minimum Gasteiger partial charge on any atom is -0.490 e. The van der Waals surface area contributed by atoms with E-state index in [0.29, 0.717) is 34.8 Å². The van der Waals surface area contributed by atoms with Crippen LogP contribution >= 0.6 is 27.7 Å². The number of amides is 1. The van der Waals surface area contributed by atoms with Crippen LogP contribution < -0.4 is 14.8 Å². The zero-order chi connectivity index (χ0) is 24.7. The van der Waals surface area contributed by atoms with E-state index in [2.05, 4.69) is 26.2 Å². The SMILES string of the molecule is CCCOc1ccc(/C=C2/SC(=Nc3ccc(C(Br)C(=O)O)c(F)c3)NC2=O)cc1OCCC. The molecule has 1 aliphatic rings. The predicted molar refractivity (Wildman–Crippen MR) is 135 cm³/mol. The lowest BCUT2D eigenvalue weighted by molar-refractivity contribution is -0.136. The Morgan fingerprint density at radius 1 is 1.18 bits per heavy atom. The number of nitrogens with zero attached hydrogens (tertiary/aromatic N) is 1. The van der Waals surface area contributed by atoms with Crippen LogP contribution in [0.2, 0.25) is 0 Å². The summed E-state index contributed by atoms with van der Waals surface area (Å²) in [5.74, 6) is -0.957. The van der Waals surface area contributed by atoms with Crippen molar-refractivity contribution in [1.29, 1.82) is 0 Å². The number of hydrogen-bond acceptors (Lipinski definition) is 6. The highest BCUT2D eigenvalue weighted by molar-refractivity contribution is 9.09. The lowest BCUT2D eigenvalue weighted by Crippen LogP contribution is -2.19. The summed E-state index contributed by atoms with van der Waals surface area (Å²) in [6, 6.07) is 9.44. The lowest BCUT2D eigenvalue weighted by Gasteiger charge is -2.12. The fraction of sp³-hybridized carbons (Fsp3) is 0.292. The van der Waals surface area contributed by atoms with Crippen molar-refractivity contribution in [2.24, 2.45) is 4.99 Å². The fourth-order valence-corrected chi connectivity index (χ4v) is 4.16. The van der Waals surface area contributed by atoms with E-state index in [9.17, 15) is 14.0 Å². The summed E-state index contributed by atoms with van der Waals surface area (Å²) < 4.78 is 25.9. The first-order valence-electron chi connectivity index (χ1n) is 10.7. The first-order chi connectivity index (χ1) is 16.3. The van der Waals surface area contributed by atoms with Gasteiger partial charge in [0.15, 0.2) is 16.7 Å². The van der Waals surface area contributed by atoms with Gasteiger partial charge < -0.3 is 19.9 Å². The standard InChI is InChI=1S/C24H24BrFN2O5S/c1-3-9-32-18-8-5-14(11-19(18)33-10-4-2)12-20-22(29)28-24(34-20)27-15-6-7-16(17(26)13-15)21(25)23(30)31/h5-8,11-13,21H,3-4,9-10H2,1-2H3,(H,30,31)(H,27,28,29)/b20-12+. The molecule has 180 valence electrons. The molecule has 1 saturated heterocycles. The molecule has 1 unspecified atom stereocenters. The third kappa shape index (κ3) is 6.60. The molecule has 1 aliphatic heterocycles. The number of halogens is 2. The van der Waals surface area contributed by atoms with Gasteiger partial charge in [-0.1, -0.05) is 41.9 Å². The quantitative estimate of drug-likeness (QED) is 0.286. The number of hydrogen-bond donors (Lipinski definition) is 2. The van der Waals surface area contributed by atoms with E-state index in [1.54, 1.807) is 6.08 Å². The zero-order valence-corrected chi connectivity index (χ0v) is 21.0. The number of carbonyl (C=O) groups excluding carboxylic acids is 1. The van der Waals surface area contributed by atoms with Crippen LogP contribution in [-0.4, -0.2) is 35.4 Å². The Bertz CT molecular complexity index is 1140. The second-order valence-electron chi connectivity index (χ2n) is 7.29. The largest absolute Gasteiger partial charge is 0.490 e. The van der Waals surface area contributed by atoms with E-state index in [0.717, 1.165) is 36.2 Å². The maximum Gasteiger partial charge on any atom is 0.321 e. The normalized spacial score (nSPS) is 16.5. The van der Waals surface area contributed by atoms with Crippen molar-refractivity contribution in [3.8, 4) is 11.5 Å². The second-order valence-corrected chi connectivity index (χ2v) is 9.24. The van der Waals surface area contributed by atoms with Gasteiger partial charge in [-0.25, -0.2) is 9.38 Å². The van der Waals surface area contributed by atoms with Crippen LogP contribution in [0, 0.1) is 5.82 Å². The second kappa shape index (κ2) is 12.0. The van der Waals surface area contributed by atoms with Gasteiger partial charge in [0.2, 0.25) is 0 Å². The molecule has 0 aromatic heterocycles. The van der Waals surface area contributed by atoms with Crippen LogP contribution in [0.25, 0.3) is 6.08 Å². The van der Waals surface area contributed by atoms with E-state index >= 15 is 0 Å². The third-order valence-corrected chi connectivity index (χ3v) is 6.34. The van der Waals surface area contributed by atoms with Crippen molar-refractivity contribution in [3.63, 3.8) is 0 Å². The van der Waals surface area contributed by atoms with Crippen molar-refractivity contribution >= 4 is 56.5 Å². The molecule has 1 heterocycles. The van der Waals surface area contributed by atoms with E-state index in [4.69, 9.17) is 14.6 Å². The molecule has 3 rings (SSSR count). The Hall–Kier alpha value is -2.85. The van der Waals surface area contributed by atoms with Crippen molar-refractivity contribution in [2.75, 3.05) is 13.2 Å². The molecule has 1 fully saturated rings. The summed E-state index contributed by atoms with van der Waals surface area (Å²) in [5.41, 5.74) is 1.01. The molecule has 0 radical (unpaired) electrons. The highest BCUT2D eigenvalue weighted by Crippen LogP contribution is 2.33. The topological polar surface area (TPSA) is 97.2 Å². The van der Waals surface area contributed by atoms with Crippen LogP contribution in [0.3, 0.4) is 0 Å².